The summed E-state index contributed by atoms with van der Waals surface area (Å²) in [7, 11) is 0. The molecule has 2 aromatic carbocycles. The third-order valence-corrected chi connectivity index (χ3v) is 6.28. The zero-order chi connectivity index (χ0) is 24.6. The molecule has 1 aliphatic rings. The Morgan fingerprint density at radius 3 is 2.54 bits per heavy atom. The highest BCUT2D eigenvalue weighted by Gasteiger charge is 2.35. The van der Waals surface area contributed by atoms with Crippen molar-refractivity contribution in [1.29, 1.82) is 0 Å². The first-order valence-corrected chi connectivity index (χ1v) is 12.0. The fourth-order valence-corrected chi connectivity index (χ4v) is 4.52. The van der Waals surface area contributed by atoms with Gasteiger partial charge in [-0.2, -0.15) is 0 Å². The molecule has 7 heteroatoms. The number of nitrogens with zero attached hydrogens (tertiary/aromatic N) is 2. The van der Waals surface area contributed by atoms with Gasteiger partial charge in [0.15, 0.2) is 6.61 Å². The highest BCUT2D eigenvalue weighted by atomic mass is 19.1. The van der Waals surface area contributed by atoms with Crippen molar-refractivity contribution >= 4 is 17.5 Å². The molecule has 0 radical (unpaired) electrons. The van der Waals surface area contributed by atoms with Crippen LogP contribution >= 0.6 is 0 Å². The number of hydrogen-bond donors (Lipinski definition) is 1. The smallest absolute Gasteiger partial charge is 0.265 e. The number of aryl methyl sites for hydroxylation is 1. The Balaban J connectivity index is 1.71. The number of benzene rings is 2. The average Bonchev–Trinajstić information content (AvgIpc) is 2.87. The van der Waals surface area contributed by atoms with Crippen LogP contribution in [0.2, 0.25) is 0 Å². The fraction of sp³-hybridized carbons (Fsp3) is 0.321. The monoisotopic (exact) mass is 475 g/mol. The van der Waals surface area contributed by atoms with Crippen molar-refractivity contribution in [2.45, 2.75) is 51.1 Å². The molecular formula is C28H30FN3O3. The number of nitrogens with one attached hydrogen (secondary N) is 1. The molecule has 4 rings (SSSR count). The summed E-state index contributed by atoms with van der Waals surface area (Å²) in [6.07, 6.45) is 6.66. The lowest BCUT2D eigenvalue weighted by Gasteiger charge is -2.34. The molecule has 1 saturated carbocycles. The Hall–Kier alpha value is -3.74. The minimum atomic E-state index is -0.986. The molecule has 1 unspecified atom stereocenters. The van der Waals surface area contributed by atoms with Gasteiger partial charge in [-0.15, -0.1) is 0 Å². The Labute approximate surface area is 205 Å². The number of amides is 2. The second kappa shape index (κ2) is 11.6. The van der Waals surface area contributed by atoms with Crippen molar-refractivity contribution in [1.82, 2.24) is 10.3 Å². The molecule has 0 spiro atoms. The zero-order valence-electron chi connectivity index (χ0n) is 19.8. The van der Waals surface area contributed by atoms with Gasteiger partial charge in [-0.1, -0.05) is 55.7 Å². The highest BCUT2D eigenvalue weighted by Crippen LogP contribution is 2.31. The van der Waals surface area contributed by atoms with E-state index in [1.165, 1.54) is 23.1 Å². The third-order valence-electron chi connectivity index (χ3n) is 6.28. The largest absolute Gasteiger partial charge is 0.468 e. The Kier molecular flexibility index (Phi) is 8.08. The summed E-state index contributed by atoms with van der Waals surface area (Å²) in [5.74, 6) is -0.976. The number of hydrogen-bond acceptors (Lipinski definition) is 4. The molecule has 35 heavy (non-hydrogen) atoms. The van der Waals surface area contributed by atoms with E-state index in [9.17, 15) is 14.0 Å². The third kappa shape index (κ3) is 6.23. The van der Waals surface area contributed by atoms with Crippen LogP contribution in [0.3, 0.4) is 0 Å². The van der Waals surface area contributed by atoms with Crippen molar-refractivity contribution in [3.63, 3.8) is 0 Å². The molecule has 0 aliphatic heterocycles. The van der Waals surface area contributed by atoms with Crippen LogP contribution in [0.1, 0.15) is 49.3 Å². The van der Waals surface area contributed by atoms with E-state index in [0.29, 0.717) is 11.4 Å². The van der Waals surface area contributed by atoms with Gasteiger partial charge >= 0.3 is 0 Å². The van der Waals surface area contributed by atoms with Gasteiger partial charge in [0.1, 0.15) is 11.9 Å². The van der Waals surface area contributed by atoms with Crippen LogP contribution in [0.25, 0.3) is 0 Å². The number of carbonyl (C=O) groups is 2. The van der Waals surface area contributed by atoms with Crippen LogP contribution in [0.5, 0.6) is 5.88 Å². The molecule has 3 aromatic rings. The predicted octanol–water partition coefficient (Wildman–Crippen LogP) is 5.13. The second-order valence-electron chi connectivity index (χ2n) is 8.80. The van der Waals surface area contributed by atoms with Crippen LogP contribution in [0.15, 0.2) is 72.9 Å². The van der Waals surface area contributed by atoms with Crippen molar-refractivity contribution in [2.24, 2.45) is 0 Å². The molecule has 1 atom stereocenters. The van der Waals surface area contributed by atoms with E-state index >= 15 is 0 Å². The molecule has 2 amide bonds. The summed E-state index contributed by atoms with van der Waals surface area (Å²) in [6.45, 7) is 1.54. The summed E-state index contributed by atoms with van der Waals surface area (Å²) in [6, 6.07) is 17.4. The Morgan fingerprint density at radius 1 is 1.06 bits per heavy atom. The maximum atomic E-state index is 14.3. The minimum absolute atomic E-state index is 0.0528. The molecule has 1 aliphatic carbocycles. The minimum Gasteiger partial charge on any atom is -0.468 e. The first-order chi connectivity index (χ1) is 17.0. The number of halogens is 1. The average molecular weight is 476 g/mol. The Morgan fingerprint density at radius 2 is 1.83 bits per heavy atom. The maximum Gasteiger partial charge on any atom is 0.265 e. The molecule has 0 bridgehead atoms. The lowest BCUT2D eigenvalue weighted by atomic mass is 9.93. The normalized spacial score (nSPS) is 14.7. The van der Waals surface area contributed by atoms with Crippen LogP contribution in [0, 0.1) is 12.7 Å². The quantitative estimate of drug-likeness (QED) is 0.490. The van der Waals surface area contributed by atoms with Crippen molar-refractivity contribution < 1.29 is 18.7 Å². The van der Waals surface area contributed by atoms with E-state index in [1.807, 2.05) is 31.2 Å². The van der Waals surface area contributed by atoms with Crippen LogP contribution in [-0.2, 0) is 9.59 Å². The summed E-state index contributed by atoms with van der Waals surface area (Å²) >= 11 is 0. The van der Waals surface area contributed by atoms with Gasteiger partial charge in [-0.05, 0) is 55.2 Å². The SMILES string of the molecule is Cc1ccccc1C(C(=O)NC1CCCCC1)N(C(=O)COc1ccccn1)c1cccc(F)c1. The van der Waals surface area contributed by atoms with Gasteiger partial charge in [-0.25, -0.2) is 9.37 Å². The zero-order valence-corrected chi connectivity index (χ0v) is 19.8. The van der Waals surface area contributed by atoms with Crippen LogP contribution in [-0.4, -0.2) is 29.4 Å². The Bertz CT molecular complexity index is 1150. The van der Waals surface area contributed by atoms with Crippen LogP contribution in [0.4, 0.5) is 10.1 Å². The topological polar surface area (TPSA) is 71.5 Å². The molecule has 0 saturated heterocycles. The molecule has 1 fully saturated rings. The van der Waals surface area contributed by atoms with Crippen molar-refractivity contribution in [3.05, 3.63) is 89.9 Å². The molecule has 6 nitrogen and oxygen atoms in total. The molecule has 1 aromatic heterocycles. The van der Waals surface area contributed by atoms with Crippen molar-refractivity contribution in [2.75, 3.05) is 11.5 Å². The number of anilines is 1. The van der Waals surface area contributed by atoms with E-state index < -0.39 is 17.8 Å². The van der Waals surface area contributed by atoms with Gasteiger partial charge in [-0.3, -0.25) is 14.5 Å². The molecular weight excluding hydrogens is 445 g/mol. The first kappa shape index (κ1) is 24.4. The molecule has 1 N–H and O–H groups in total. The standard InChI is InChI=1S/C28H30FN3O3/c1-20-10-5-6-15-24(20)27(28(34)31-22-12-3-2-4-13-22)32(23-14-9-11-21(29)18-23)26(33)19-35-25-16-7-8-17-30-25/h5-11,14-18,22,27H,2-4,12-13,19H2,1H3,(H,31,34). The summed E-state index contributed by atoms with van der Waals surface area (Å²) in [5.41, 5.74) is 1.82. The van der Waals surface area contributed by atoms with E-state index in [4.69, 9.17) is 4.74 Å². The highest BCUT2D eigenvalue weighted by molar-refractivity contribution is 6.02. The van der Waals surface area contributed by atoms with Crippen molar-refractivity contribution in [3.8, 4) is 5.88 Å². The molecule has 182 valence electrons. The maximum absolute atomic E-state index is 14.3. The summed E-state index contributed by atoms with van der Waals surface area (Å²) < 4.78 is 19.9. The van der Waals surface area contributed by atoms with Gasteiger partial charge in [0.25, 0.3) is 5.91 Å². The van der Waals surface area contributed by atoms with E-state index in [2.05, 4.69) is 10.3 Å². The van der Waals surface area contributed by atoms with E-state index in [-0.39, 0.29) is 24.2 Å². The van der Waals surface area contributed by atoms with Gasteiger partial charge < -0.3 is 10.1 Å². The number of ether oxygens (including phenoxy) is 1. The molecule has 1 heterocycles. The van der Waals surface area contributed by atoms with Crippen LogP contribution < -0.4 is 15.0 Å². The van der Waals surface area contributed by atoms with Gasteiger partial charge in [0, 0.05) is 24.0 Å². The number of carbonyl (C=O) groups excluding carboxylic acids is 2. The number of aromatic nitrogens is 1. The van der Waals surface area contributed by atoms with E-state index in [1.54, 1.807) is 30.5 Å². The summed E-state index contributed by atoms with van der Waals surface area (Å²) in [5, 5.41) is 3.16. The van der Waals surface area contributed by atoms with Gasteiger partial charge in [0.05, 0.1) is 0 Å². The lowest BCUT2D eigenvalue weighted by Crippen LogP contribution is -2.48. The number of pyridine rings is 1. The number of rotatable bonds is 8. The van der Waals surface area contributed by atoms with Gasteiger partial charge in [0.2, 0.25) is 11.8 Å². The lowest BCUT2D eigenvalue weighted by molar-refractivity contribution is -0.128. The van der Waals surface area contributed by atoms with E-state index in [0.717, 1.165) is 37.7 Å². The fourth-order valence-electron chi connectivity index (χ4n) is 4.52. The first-order valence-electron chi connectivity index (χ1n) is 12.0. The summed E-state index contributed by atoms with van der Waals surface area (Å²) in [4.78, 5) is 32.8. The second-order valence-corrected chi connectivity index (χ2v) is 8.80. The predicted molar refractivity (Wildman–Crippen MR) is 133 cm³/mol.